The van der Waals surface area contributed by atoms with Crippen molar-refractivity contribution in [3.05, 3.63) is 12.0 Å². The van der Waals surface area contributed by atoms with E-state index in [0.29, 0.717) is 12.5 Å². The van der Waals surface area contributed by atoms with Gasteiger partial charge in [-0.15, -0.1) is 0 Å². The fourth-order valence-electron chi connectivity index (χ4n) is 0.750. The smallest absolute Gasteiger partial charge is 0.190 e. The molecule has 0 heterocycles. The Hall–Kier alpha value is -0.990. The highest BCUT2D eigenvalue weighted by atomic mass is 16.5. The molecule has 0 aromatic rings. The van der Waals surface area contributed by atoms with E-state index in [-0.39, 0.29) is 11.8 Å². The number of rotatable bonds is 5. The third kappa shape index (κ3) is 5.77. The van der Waals surface area contributed by atoms with Crippen LogP contribution in [-0.2, 0) is 9.53 Å². The average molecular weight is 171 g/mol. The van der Waals surface area contributed by atoms with Crippen LogP contribution >= 0.6 is 0 Å². The molecule has 0 aliphatic carbocycles. The van der Waals surface area contributed by atoms with Gasteiger partial charge in [-0.3, -0.25) is 4.79 Å². The highest BCUT2D eigenvalue weighted by Crippen LogP contribution is 1.95. The number of nitrogens with one attached hydrogen (secondary N) is 1. The summed E-state index contributed by atoms with van der Waals surface area (Å²) in [6, 6.07) is 0.280. The second kappa shape index (κ2) is 5.63. The first-order valence-corrected chi connectivity index (χ1v) is 4.17. The van der Waals surface area contributed by atoms with E-state index >= 15 is 0 Å². The fraction of sp³-hybridized carbons (Fsp3) is 0.667. The van der Waals surface area contributed by atoms with E-state index in [4.69, 9.17) is 4.74 Å². The van der Waals surface area contributed by atoms with Crippen LogP contribution in [0.2, 0.25) is 0 Å². The van der Waals surface area contributed by atoms with E-state index in [2.05, 4.69) is 5.32 Å². The standard InChI is InChI=1S/C9H17NO2/c1-5-12-9(6-8(4)11)10-7(2)3/h6-7,10H,5H2,1-4H3/b9-6-. The second-order valence-electron chi connectivity index (χ2n) is 2.85. The van der Waals surface area contributed by atoms with E-state index in [1.165, 1.54) is 13.0 Å². The maximum Gasteiger partial charge on any atom is 0.190 e. The van der Waals surface area contributed by atoms with Gasteiger partial charge in [0.15, 0.2) is 11.7 Å². The Kier molecular flexibility index (Phi) is 5.17. The van der Waals surface area contributed by atoms with Crippen LogP contribution in [0.25, 0.3) is 0 Å². The zero-order chi connectivity index (χ0) is 9.56. The monoisotopic (exact) mass is 171 g/mol. The normalized spacial score (nSPS) is 11.6. The molecule has 0 fully saturated rings. The van der Waals surface area contributed by atoms with E-state index < -0.39 is 0 Å². The van der Waals surface area contributed by atoms with Gasteiger partial charge in [0.05, 0.1) is 6.61 Å². The molecular weight excluding hydrogens is 154 g/mol. The number of carbonyl (C=O) groups is 1. The molecule has 0 amide bonds. The predicted octanol–water partition coefficient (Wildman–Crippen LogP) is 1.45. The molecule has 0 unspecified atom stereocenters. The first-order valence-electron chi connectivity index (χ1n) is 4.17. The molecule has 0 aliphatic rings. The molecule has 0 spiro atoms. The molecule has 0 aliphatic heterocycles. The molecule has 12 heavy (non-hydrogen) atoms. The highest BCUT2D eigenvalue weighted by Gasteiger charge is 2.00. The van der Waals surface area contributed by atoms with Gasteiger partial charge in [-0.05, 0) is 27.7 Å². The molecular formula is C9H17NO2. The predicted molar refractivity (Wildman–Crippen MR) is 48.7 cm³/mol. The van der Waals surface area contributed by atoms with Gasteiger partial charge in [-0.1, -0.05) is 0 Å². The summed E-state index contributed by atoms with van der Waals surface area (Å²) in [4.78, 5) is 10.7. The van der Waals surface area contributed by atoms with Gasteiger partial charge < -0.3 is 10.1 Å². The minimum absolute atomic E-state index is 0.00778. The summed E-state index contributed by atoms with van der Waals surface area (Å²) in [6.45, 7) is 7.94. The summed E-state index contributed by atoms with van der Waals surface area (Å²) in [7, 11) is 0. The van der Waals surface area contributed by atoms with Crippen LogP contribution in [0.5, 0.6) is 0 Å². The lowest BCUT2D eigenvalue weighted by atomic mass is 10.3. The van der Waals surface area contributed by atoms with Crippen molar-refractivity contribution in [2.45, 2.75) is 33.7 Å². The largest absolute Gasteiger partial charge is 0.479 e. The van der Waals surface area contributed by atoms with Crippen molar-refractivity contribution in [1.29, 1.82) is 0 Å². The van der Waals surface area contributed by atoms with E-state index in [1.54, 1.807) is 0 Å². The Labute approximate surface area is 73.8 Å². The molecule has 3 heteroatoms. The van der Waals surface area contributed by atoms with Gasteiger partial charge in [0, 0.05) is 12.1 Å². The van der Waals surface area contributed by atoms with Crippen molar-refractivity contribution in [2.75, 3.05) is 6.61 Å². The quantitative estimate of drug-likeness (QED) is 0.502. The van der Waals surface area contributed by atoms with E-state index in [0.717, 1.165) is 0 Å². The number of hydrogen-bond donors (Lipinski definition) is 1. The van der Waals surface area contributed by atoms with Crippen molar-refractivity contribution < 1.29 is 9.53 Å². The maximum absolute atomic E-state index is 10.7. The molecule has 1 N–H and O–H groups in total. The maximum atomic E-state index is 10.7. The molecule has 70 valence electrons. The summed E-state index contributed by atoms with van der Waals surface area (Å²) in [6.07, 6.45) is 1.46. The van der Waals surface area contributed by atoms with E-state index in [9.17, 15) is 4.79 Å². The zero-order valence-corrected chi connectivity index (χ0v) is 8.18. The molecule has 0 rings (SSSR count). The number of hydrogen-bond acceptors (Lipinski definition) is 3. The summed E-state index contributed by atoms with van der Waals surface area (Å²) in [5.41, 5.74) is 0. The minimum Gasteiger partial charge on any atom is -0.479 e. The Morgan fingerprint density at radius 1 is 1.58 bits per heavy atom. The molecule has 0 radical (unpaired) electrons. The van der Waals surface area contributed by atoms with Gasteiger partial charge >= 0.3 is 0 Å². The zero-order valence-electron chi connectivity index (χ0n) is 8.18. The summed E-state index contributed by atoms with van der Waals surface area (Å²) in [5, 5.41) is 3.03. The summed E-state index contributed by atoms with van der Waals surface area (Å²) < 4.78 is 5.19. The SMILES string of the molecule is CCO/C(=C\C(C)=O)NC(C)C. The Bertz CT molecular complexity index is 173. The Morgan fingerprint density at radius 3 is 2.50 bits per heavy atom. The van der Waals surface area contributed by atoms with Gasteiger partial charge in [0.2, 0.25) is 0 Å². The summed E-state index contributed by atoms with van der Waals surface area (Å²) in [5.74, 6) is 0.548. The Balaban J connectivity index is 4.12. The van der Waals surface area contributed by atoms with Gasteiger partial charge in [-0.25, -0.2) is 0 Å². The van der Waals surface area contributed by atoms with Gasteiger partial charge in [0.25, 0.3) is 0 Å². The van der Waals surface area contributed by atoms with Gasteiger partial charge in [-0.2, -0.15) is 0 Å². The molecule has 3 nitrogen and oxygen atoms in total. The molecule has 0 bridgehead atoms. The van der Waals surface area contributed by atoms with Crippen molar-refractivity contribution in [1.82, 2.24) is 5.32 Å². The lowest BCUT2D eigenvalue weighted by Crippen LogP contribution is -2.24. The lowest BCUT2D eigenvalue weighted by molar-refractivity contribution is -0.112. The van der Waals surface area contributed by atoms with Crippen LogP contribution in [0.1, 0.15) is 27.7 Å². The highest BCUT2D eigenvalue weighted by molar-refractivity contribution is 5.87. The first-order chi connectivity index (χ1) is 5.56. The number of carbonyl (C=O) groups excluding carboxylic acids is 1. The second-order valence-corrected chi connectivity index (χ2v) is 2.85. The summed E-state index contributed by atoms with van der Waals surface area (Å²) >= 11 is 0. The topological polar surface area (TPSA) is 38.3 Å². The molecule has 0 saturated carbocycles. The Morgan fingerprint density at radius 2 is 2.17 bits per heavy atom. The molecule has 0 aromatic carbocycles. The number of allylic oxidation sites excluding steroid dienone is 1. The number of ether oxygens (including phenoxy) is 1. The van der Waals surface area contributed by atoms with Crippen LogP contribution in [-0.4, -0.2) is 18.4 Å². The van der Waals surface area contributed by atoms with Crippen molar-refractivity contribution in [3.8, 4) is 0 Å². The van der Waals surface area contributed by atoms with Crippen LogP contribution < -0.4 is 5.32 Å². The van der Waals surface area contributed by atoms with E-state index in [1.807, 2.05) is 20.8 Å². The fourth-order valence-corrected chi connectivity index (χ4v) is 0.750. The molecule has 0 aromatic heterocycles. The van der Waals surface area contributed by atoms with Crippen molar-refractivity contribution in [3.63, 3.8) is 0 Å². The van der Waals surface area contributed by atoms with Crippen molar-refractivity contribution in [2.24, 2.45) is 0 Å². The minimum atomic E-state index is -0.00778. The average Bonchev–Trinajstić information content (AvgIpc) is 1.84. The third-order valence-corrected chi connectivity index (χ3v) is 1.07. The van der Waals surface area contributed by atoms with Crippen LogP contribution in [0.15, 0.2) is 12.0 Å². The van der Waals surface area contributed by atoms with Gasteiger partial charge in [0.1, 0.15) is 0 Å². The van der Waals surface area contributed by atoms with Crippen molar-refractivity contribution >= 4 is 5.78 Å². The van der Waals surface area contributed by atoms with Crippen LogP contribution in [0, 0.1) is 0 Å². The molecule has 0 saturated heterocycles. The lowest BCUT2D eigenvalue weighted by Gasteiger charge is -2.13. The number of ketones is 1. The first kappa shape index (κ1) is 11.0. The molecule has 0 atom stereocenters. The van der Waals surface area contributed by atoms with Crippen LogP contribution in [0.3, 0.4) is 0 Å². The third-order valence-electron chi connectivity index (χ3n) is 1.07. The van der Waals surface area contributed by atoms with Crippen LogP contribution in [0.4, 0.5) is 0 Å².